The molecular weight excluding hydrogens is 383 g/mol. The Kier molecular flexibility index (Phi) is 5.08. The van der Waals surface area contributed by atoms with Crippen LogP contribution in [-0.2, 0) is 16.4 Å². The summed E-state index contributed by atoms with van der Waals surface area (Å²) in [5, 5.41) is 2.90. The van der Waals surface area contributed by atoms with Gasteiger partial charge in [-0.1, -0.05) is 24.3 Å². The molecule has 1 aromatic heterocycles. The molecule has 0 N–H and O–H groups in total. The van der Waals surface area contributed by atoms with Crippen molar-refractivity contribution in [2.24, 2.45) is 0 Å². The molecule has 0 saturated carbocycles. The van der Waals surface area contributed by atoms with Crippen LogP contribution in [0.5, 0.6) is 0 Å². The largest absolute Gasteiger partial charge is 0.243 e. The fourth-order valence-corrected chi connectivity index (χ4v) is 5.53. The second kappa shape index (κ2) is 7.50. The van der Waals surface area contributed by atoms with Gasteiger partial charge in [-0.25, -0.2) is 17.8 Å². The van der Waals surface area contributed by atoms with Gasteiger partial charge in [0, 0.05) is 30.5 Å². The molecule has 0 amide bonds. The van der Waals surface area contributed by atoms with Crippen LogP contribution in [0.3, 0.4) is 0 Å². The molecule has 1 saturated heterocycles. The number of halogens is 1. The molecule has 0 atom stereocenters. The van der Waals surface area contributed by atoms with E-state index >= 15 is 0 Å². The Labute approximate surface area is 162 Å². The van der Waals surface area contributed by atoms with E-state index in [4.69, 9.17) is 0 Å². The molecule has 1 aliphatic rings. The van der Waals surface area contributed by atoms with Gasteiger partial charge in [0.2, 0.25) is 10.0 Å². The minimum Gasteiger partial charge on any atom is -0.241 e. The Morgan fingerprint density at radius 3 is 2.33 bits per heavy atom. The zero-order valence-electron chi connectivity index (χ0n) is 14.6. The predicted octanol–water partition coefficient (Wildman–Crippen LogP) is 4.32. The first-order chi connectivity index (χ1) is 13.0. The van der Waals surface area contributed by atoms with E-state index in [0.29, 0.717) is 24.4 Å². The molecule has 0 unspecified atom stereocenters. The monoisotopic (exact) mass is 402 g/mol. The van der Waals surface area contributed by atoms with Crippen molar-refractivity contribution in [1.82, 2.24) is 9.29 Å². The van der Waals surface area contributed by atoms with Crippen LogP contribution in [0.15, 0.2) is 58.8 Å². The van der Waals surface area contributed by atoms with Crippen LogP contribution >= 0.6 is 11.3 Å². The minimum atomic E-state index is -3.39. The Bertz CT molecular complexity index is 1020. The lowest BCUT2D eigenvalue weighted by Crippen LogP contribution is -2.27. The van der Waals surface area contributed by atoms with E-state index in [9.17, 15) is 12.8 Å². The number of hydrogen-bond donors (Lipinski definition) is 0. The van der Waals surface area contributed by atoms with Gasteiger partial charge < -0.3 is 0 Å². The van der Waals surface area contributed by atoms with E-state index in [-0.39, 0.29) is 5.82 Å². The van der Waals surface area contributed by atoms with Crippen LogP contribution in [0.25, 0.3) is 11.3 Å². The Hall–Kier alpha value is -2.09. The van der Waals surface area contributed by atoms with Crippen molar-refractivity contribution in [2.45, 2.75) is 24.2 Å². The van der Waals surface area contributed by atoms with Gasteiger partial charge >= 0.3 is 0 Å². The number of aromatic nitrogens is 1. The van der Waals surface area contributed by atoms with Gasteiger partial charge in [0.1, 0.15) is 5.82 Å². The zero-order chi connectivity index (χ0) is 18.9. The highest BCUT2D eigenvalue weighted by molar-refractivity contribution is 7.89. The Morgan fingerprint density at radius 1 is 1.00 bits per heavy atom. The van der Waals surface area contributed by atoms with Crippen LogP contribution in [0.4, 0.5) is 4.39 Å². The average Bonchev–Trinajstić information content (AvgIpc) is 3.36. The van der Waals surface area contributed by atoms with Gasteiger partial charge in [-0.15, -0.1) is 11.3 Å². The normalized spacial score (nSPS) is 15.3. The predicted molar refractivity (Wildman–Crippen MR) is 105 cm³/mol. The van der Waals surface area contributed by atoms with Crippen molar-refractivity contribution in [1.29, 1.82) is 0 Å². The molecule has 140 valence electrons. The van der Waals surface area contributed by atoms with Gasteiger partial charge in [-0.2, -0.15) is 4.31 Å². The maximum Gasteiger partial charge on any atom is 0.243 e. The number of hydrogen-bond acceptors (Lipinski definition) is 4. The third kappa shape index (κ3) is 3.95. The first kappa shape index (κ1) is 18.3. The lowest BCUT2D eigenvalue weighted by Gasteiger charge is -2.15. The Morgan fingerprint density at radius 2 is 1.67 bits per heavy atom. The topological polar surface area (TPSA) is 50.3 Å². The van der Waals surface area contributed by atoms with Crippen molar-refractivity contribution in [3.63, 3.8) is 0 Å². The third-order valence-electron chi connectivity index (χ3n) is 4.67. The van der Waals surface area contributed by atoms with E-state index in [0.717, 1.165) is 34.7 Å². The smallest absolute Gasteiger partial charge is 0.241 e. The third-order valence-corrected chi connectivity index (χ3v) is 7.43. The van der Waals surface area contributed by atoms with Crippen molar-refractivity contribution in [2.75, 3.05) is 13.1 Å². The van der Waals surface area contributed by atoms with E-state index in [1.165, 1.54) is 12.1 Å². The molecule has 2 aromatic carbocycles. The molecule has 27 heavy (non-hydrogen) atoms. The molecule has 0 bridgehead atoms. The first-order valence-electron chi connectivity index (χ1n) is 8.82. The quantitative estimate of drug-likeness (QED) is 0.638. The highest BCUT2D eigenvalue weighted by Crippen LogP contribution is 2.26. The summed E-state index contributed by atoms with van der Waals surface area (Å²) in [7, 11) is -3.39. The summed E-state index contributed by atoms with van der Waals surface area (Å²) in [5.41, 5.74) is 2.71. The van der Waals surface area contributed by atoms with E-state index in [2.05, 4.69) is 4.98 Å². The number of benzene rings is 2. The number of sulfonamides is 1. The summed E-state index contributed by atoms with van der Waals surface area (Å²) < 4.78 is 39.8. The molecule has 1 fully saturated rings. The highest BCUT2D eigenvalue weighted by Gasteiger charge is 2.26. The SMILES string of the molecule is O=S(=O)(c1ccc(-c2csc(Cc3ccc(F)cc3)n2)cc1)N1CCCC1. The number of rotatable bonds is 5. The first-order valence-corrected chi connectivity index (χ1v) is 11.1. The van der Waals surface area contributed by atoms with Crippen molar-refractivity contribution >= 4 is 21.4 Å². The van der Waals surface area contributed by atoms with Gasteiger partial charge in [-0.3, -0.25) is 0 Å². The average molecular weight is 403 g/mol. The molecule has 0 aliphatic carbocycles. The van der Waals surface area contributed by atoms with Crippen molar-refractivity contribution in [3.8, 4) is 11.3 Å². The standard InChI is InChI=1S/C20H19FN2O2S2/c21-17-7-3-15(4-8-17)13-20-22-19(14-26-20)16-5-9-18(10-6-16)27(24,25)23-11-1-2-12-23/h3-10,14H,1-2,11-13H2. The maximum absolute atomic E-state index is 13.0. The fraction of sp³-hybridized carbons (Fsp3) is 0.250. The summed E-state index contributed by atoms with van der Waals surface area (Å²) in [4.78, 5) is 4.96. The molecule has 0 radical (unpaired) electrons. The van der Waals surface area contributed by atoms with E-state index in [1.54, 1.807) is 52.0 Å². The summed E-state index contributed by atoms with van der Waals surface area (Å²) in [6.45, 7) is 1.20. The van der Waals surface area contributed by atoms with Gasteiger partial charge in [0.15, 0.2) is 0 Å². The van der Waals surface area contributed by atoms with Crippen LogP contribution in [0.2, 0.25) is 0 Å². The minimum absolute atomic E-state index is 0.248. The molecule has 0 spiro atoms. The second-order valence-electron chi connectivity index (χ2n) is 6.57. The molecule has 3 aromatic rings. The van der Waals surface area contributed by atoms with Crippen LogP contribution in [-0.4, -0.2) is 30.8 Å². The van der Waals surface area contributed by atoms with Gasteiger partial charge in [-0.05, 0) is 42.7 Å². The highest BCUT2D eigenvalue weighted by atomic mass is 32.2. The maximum atomic E-state index is 13.0. The second-order valence-corrected chi connectivity index (χ2v) is 9.45. The summed E-state index contributed by atoms with van der Waals surface area (Å²) >= 11 is 1.54. The van der Waals surface area contributed by atoms with Gasteiger partial charge in [0.25, 0.3) is 0 Å². The van der Waals surface area contributed by atoms with Crippen molar-refractivity contribution in [3.05, 3.63) is 70.3 Å². The molecule has 7 heteroatoms. The lowest BCUT2D eigenvalue weighted by molar-refractivity contribution is 0.477. The molecular formula is C20H19FN2O2S2. The molecule has 1 aliphatic heterocycles. The molecule has 4 nitrogen and oxygen atoms in total. The summed E-state index contributed by atoms with van der Waals surface area (Å²) in [6, 6.07) is 13.3. The summed E-state index contributed by atoms with van der Waals surface area (Å²) in [5.74, 6) is -0.248. The van der Waals surface area contributed by atoms with E-state index in [1.807, 2.05) is 5.38 Å². The van der Waals surface area contributed by atoms with Crippen LogP contribution < -0.4 is 0 Å². The van der Waals surface area contributed by atoms with Gasteiger partial charge in [0.05, 0.1) is 15.6 Å². The molecule has 2 heterocycles. The van der Waals surface area contributed by atoms with Crippen LogP contribution in [0, 0.1) is 5.82 Å². The summed E-state index contributed by atoms with van der Waals surface area (Å²) in [6.07, 6.45) is 2.49. The number of thiazole rings is 1. The number of nitrogens with zero attached hydrogens (tertiary/aromatic N) is 2. The zero-order valence-corrected chi connectivity index (χ0v) is 16.3. The lowest BCUT2D eigenvalue weighted by atomic mass is 10.1. The molecule has 4 rings (SSSR count). The Balaban J connectivity index is 1.51. The fourth-order valence-electron chi connectivity index (χ4n) is 3.18. The van der Waals surface area contributed by atoms with E-state index < -0.39 is 10.0 Å². The van der Waals surface area contributed by atoms with Crippen LogP contribution in [0.1, 0.15) is 23.4 Å². The van der Waals surface area contributed by atoms with Crippen molar-refractivity contribution < 1.29 is 12.8 Å².